The molecule has 2 saturated heterocycles. The molecule has 2 atom stereocenters. The number of benzene rings is 2. The first kappa shape index (κ1) is 18.6. The molecule has 2 aromatic rings. The first-order valence-corrected chi connectivity index (χ1v) is 9.60. The number of hydrogen-bond acceptors (Lipinski definition) is 2. The molecule has 28 heavy (non-hydrogen) atoms. The zero-order valence-electron chi connectivity index (χ0n) is 15.5. The number of hydrogen-bond donors (Lipinski definition) is 0. The largest absolute Gasteiger partial charge is 0.336 e. The second-order valence-corrected chi connectivity index (χ2v) is 7.56. The van der Waals surface area contributed by atoms with E-state index >= 15 is 0 Å². The van der Waals surface area contributed by atoms with E-state index in [9.17, 15) is 18.4 Å². The van der Waals surface area contributed by atoms with E-state index < -0.39 is 17.5 Å². The monoisotopic (exact) mass is 384 g/mol. The van der Waals surface area contributed by atoms with Crippen molar-refractivity contribution in [1.29, 1.82) is 0 Å². The number of likely N-dealkylation sites (tertiary alicyclic amines) is 2. The number of rotatable bonds is 3. The van der Waals surface area contributed by atoms with Gasteiger partial charge in [-0.3, -0.25) is 9.59 Å². The van der Waals surface area contributed by atoms with Crippen molar-refractivity contribution in [3.05, 3.63) is 71.3 Å². The van der Waals surface area contributed by atoms with Crippen LogP contribution in [0, 0.1) is 17.6 Å². The maximum atomic E-state index is 14.1. The lowest BCUT2D eigenvalue weighted by Gasteiger charge is -2.30. The Morgan fingerprint density at radius 1 is 1.07 bits per heavy atom. The molecule has 2 heterocycles. The van der Waals surface area contributed by atoms with Gasteiger partial charge in [-0.15, -0.1) is 0 Å². The van der Waals surface area contributed by atoms with Gasteiger partial charge in [-0.05, 0) is 36.5 Å². The average Bonchev–Trinajstić information content (AvgIpc) is 3.04. The summed E-state index contributed by atoms with van der Waals surface area (Å²) in [6.07, 6.45) is 2.16. The van der Waals surface area contributed by atoms with Crippen LogP contribution < -0.4 is 0 Å². The summed E-state index contributed by atoms with van der Waals surface area (Å²) in [7, 11) is 0. The van der Waals surface area contributed by atoms with Gasteiger partial charge in [0.05, 0.1) is 11.6 Å². The van der Waals surface area contributed by atoms with Gasteiger partial charge in [0.25, 0.3) is 5.91 Å². The molecule has 2 amide bonds. The van der Waals surface area contributed by atoms with E-state index in [4.69, 9.17) is 0 Å². The molecule has 0 saturated carbocycles. The smallest absolute Gasteiger partial charge is 0.256 e. The third kappa shape index (κ3) is 3.63. The predicted octanol–water partition coefficient (Wildman–Crippen LogP) is 3.62. The van der Waals surface area contributed by atoms with Gasteiger partial charge in [-0.25, -0.2) is 8.78 Å². The summed E-state index contributed by atoms with van der Waals surface area (Å²) in [4.78, 5) is 29.0. The topological polar surface area (TPSA) is 40.6 Å². The third-order valence-corrected chi connectivity index (χ3v) is 5.74. The van der Waals surface area contributed by atoms with Gasteiger partial charge < -0.3 is 9.80 Å². The van der Waals surface area contributed by atoms with E-state index in [1.165, 1.54) is 6.07 Å². The molecular formula is C22H22F2N2O2. The molecule has 2 aliphatic rings. The minimum Gasteiger partial charge on any atom is -0.336 e. The number of carbonyl (C=O) groups excluding carboxylic acids is 2. The molecular weight excluding hydrogens is 362 g/mol. The minimum atomic E-state index is -0.852. The molecule has 0 spiro atoms. The van der Waals surface area contributed by atoms with Gasteiger partial charge in [0.15, 0.2) is 0 Å². The molecule has 4 nitrogen and oxygen atoms in total. The molecule has 146 valence electrons. The Kier molecular flexibility index (Phi) is 5.11. The van der Waals surface area contributed by atoms with Crippen LogP contribution in [0.2, 0.25) is 0 Å². The lowest BCUT2D eigenvalue weighted by Crippen LogP contribution is -2.43. The van der Waals surface area contributed by atoms with Crippen LogP contribution in [0.4, 0.5) is 8.78 Å². The van der Waals surface area contributed by atoms with E-state index in [2.05, 4.69) is 0 Å². The van der Waals surface area contributed by atoms with Gasteiger partial charge in [0.2, 0.25) is 5.91 Å². The lowest BCUT2D eigenvalue weighted by atomic mass is 9.98. The quantitative estimate of drug-likeness (QED) is 0.811. The van der Waals surface area contributed by atoms with Crippen LogP contribution in [0.3, 0.4) is 0 Å². The fraction of sp³-hybridized carbons (Fsp3) is 0.364. The highest BCUT2D eigenvalue weighted by molar-refractivity contribution is 5.94. The SMILES string of the molecule is O=C(c1ccc(F)cc1F)N1C[C@H]2CCCC(=O)N(Cc3ccccc3)[C@H]2C1. The molecule has 2 fully saturated rings. The van der Waals surface area contributed by atoms with Gasteiger partial charge >= 0.3 is 0 Å². The minimum absolute atomic E-state index is 0.0809. The van der Waals surface area contributed by atoms with Crippen LogP contribution in [-0.2, 0) is 11.3 Å². The Labute approximate surface area is 162 Å². The Morgan fingerprint density at radius 3 is 2.61 bits per heavy atom. The second-order valence-electron chi connectivity index (χ2n) is 7.56. The fourth-order valence-corrected chi connectivity index (χ4v) is 4.32. The van der Waals surface area contributed by atoms with E-state index in [1.54, 1.807) is 4.90 Å². The van der Waals surface area contributed by atoms with E-state index in [1.807, 2.05) is 35.2 Å². The molecule has 4 rings (SSSR count). The van der Waals surface area contributed by atoms with Gasteiger partial charge in [0.1, 0.15) is 11.6 Å². The van der Waals surface area contributed by atoms with Crippen molar-refractivity contribution in [2.45, 2.75) is 31.8 Å². The molecule has 0 aliphatic carbocycles. The highest BCUT2D eigenvalue weighted by atomic mass is 19.1. The van der Waals surface area contributed by atoms with Crippen LogP contribution in [0.1, 0.15) is 35.2 Å². The van der Waals surface area contributed by atoms with E-state index in [0.29, 0.717) is 26.1 Å². The normalized spacial score (nSPS) is 22.1. The first-order chi connectivity index (χ1) is 13.5. The third-order valence-electron chi connectivity index (χ3n) is 5.74. The number of carbonyl (C=O) groups is 2. The Balaban J connectivity index is 1.56. The summed E-state index contributed by atoms with van der Waals surface area (Å²) in [5.41, 5.74) is 0.921. The van der Waals surface area contributed by atoms with Crippen molar-refractivity contribution in [3.8, 4) is 0 Å². The van der Waals surface area contributed by atoms with Crippen molar-refractivity contribution in [3.63, 3.8) is 0 Å². The Bertz CT molecular complexity index is 887. The van der Waals surface area contributed by atoms with Gasteiger partial charge in [-0.2, -0.15) is 0 Å². The molecule has 0 aromatic heterocycles. The highest BCUT2D eigenvalue weighted by Gasteiger charge is 2.42. The molecule has 6 heteroatoms. The molecule has 0 unspecified atom stereocenters. The number of fused-ring (bicyclic) bond motifs is 1. The standard InChI is InChI=1S/C22H22F2N2O2/c23-17-9-10-18(19(24)11-17)22(28)25-13-16-7-4-8-21(27)26(20(16)14-25)12-15-5-2-1-3-6-15/h1-3,5-6,9-11,16,20H,4,7-8,12-14H2/t16-,20+/m1/s1. The molecule has 0 bridgehead atoms. The Morgan fingerprint density at radius 2 is 1.86 bits per heavy atom. The zero-order chi connectivity index (χ0) is 19.7. The van der Waals surface area contributed by atoms with Crippen molar-refractivity contribution in [2.24, 2.45) is 5.92 Å². The maximum absolute atomic E-state index is 14.1. The number of amides is 2. The predicted molar refractivity (Wildman–Crippen MR) is 100 cm³/mol. The average molecular weight is 384 g/mol. The van der Waals surface area contributed by atoms with E-state index in [-0.39, 0.29) is 23.4 Å². The van der Waals surface area contributed by atoms with Crippen molar-refractivity contribution >= 4 is 11.8 Å². The molecule has 2 aromatic carbocycles. The molecule has 0 N–H and O–H groups in total. The van der Waals surface area contributed by atoms with E-state index in [0.717, 1.165) is 30.5 Å². The van der Waals surface area contributed by atoms with Crippen molar-refractivity contribution in [1.82, 2.24) is 9.80 Å². The number of nitrogens with zero attached hydrogens (tertiary/aromatic N) is 2. The van der Waals surface area contributed by atoms with Gasteiger partial charge in [0, 0.05) is 32.1 Å². The van der Waals surface area contributed by atoms with Crippen LogP contribution in [-0.4, -0.2) is 40.7 Å². The van der Waals surface area contributed by atoms with Crippen LogP contribution in [0.5, 0.6) is 0 Å². The molecule has 0 radical (unpaired) electrons. The zero-order valence-corrected chi connectivity index (χ0v) is 15.5. The van der Waals surface area contributed by atoms with Crippen molar-refractivity contribution < 1.29 is 18.4 Å². The fourth-order valence-electron chi connectivity index (χ4n) is 4.32. The van der Waals surface area contributed by atoms with Crippen LogP contribution >= 0.6 is 0 Å². The highest BCUT2D eigenvalue weighted by Crippen LogP contribution is 2.32. The summed E-state index contributed by atoms with van der Waals surface area (Å²) in [6.45, 7) is 1.37. The summed E-state index contributed by atoms with van der Waals surface area (Å²) in [6, 6.07) is 12.7. The Hall–Kier alpha value is -2.76. The van der Waals surface area contributed by atoms with Crippen LogP contribution in [0.25, 0.3) is 0 Å². The van der Waals surface area contributed by atoms with Crippen LogP contribution in [0.15, 0.2) is 48.5 Å². The summed E-state index contributed by atoms with van der Waals surface area (Å²) >= 11 is 0. The first-order valence-electron chi connectivity index (χ1n) is 9.60. The number of halogens is 2. The van der Waals surface area contributed by atoms with Crippen molar-refractivity contribution in [2.75, 3.05) is 13.1 Å². The summed E-state index contributed by atoms with van der Waals surface area (Å²) in [5, 5.41) is 0. The second kappa shape index (κ2) is 7.70. The molecule has 2 aliphatic heterocycles. The van der Waals surface area contributed by atoms with Gasteiger partial charge in [-0.1, -0.05) is 30.3 Å². The maximum Gasteiger partial charge on any atom is 0.256 e. The lowest BCUT2D eigenvalue weighted by molar-refractivity contribution is -0.133. The summed E-state index contributed by atoms with van der Waals surface area (Å²) < 4.78 is 27.2. The summed E-state index contributed by atoms with van der Waals surface area (Å²) in [5.74, 6) is -1.74.